The van der Waals surface area contributed by atoms with Gasteiger partial charge in [-0.15, -0.1) is 0 Å². The van der Waals surface area contributed by atoms with Crippen molar-refractivity contribution < 1.29 is 14.4 Å². The van der Waals surface area contributed by atoms with Crippen molar-refractivity contribution in [2.24, 2.45) is 5.84 Å². The van der Waals surface area contributed by atoms with E-state index >= 15 is 0 Å². The van der Waals surface area contributed by atoms with Crippen LogP contribution in [0.5, 0.6) is 17.4 Å². The highest BCUT2D eigenvalue weighted by Crippen LogP contribution is 2.34. The van der Waals surface area contributed by atoms with Crippen LogP contribution in [-0.4, -0.2) is 22.0 Å². The number of hydrogen-bond acceptors (Lipinski definition) is 8. The first kappa shape index (κ1) is 13.5. The van der Waals surface area contributed by atoms with Crippen molar-refractivity contribution in [3.63, 3.8) is 0 Å². The Balaban J connectivity index is 2.35. The molecule has 0 aliphatic heterocycles. The molecule has 1 aromatic heterocycles. The van der Waals surface area contributed by atoms with Gasteiger partial charge in [-0.2, -0.15) is 0 Å². The number of hydrazine groups is 1. The summed E-state index contributed by atoms with van der Waals surface area (Å²) < 4.78 is 10.5. The van der Waals surface area contributed by atoms with Crippen LogP contribution in [0.25, 0.3) is 0 Å². The molecule has 0 atom stereocenters. The Morgan fingerprint density at radius 3 is 2.75 bits per heavy atom. The average Bonchev–Trinajstić information content (AvgIpc) is 2.47. The quantitative estimate of drug-likeness (QED) is 0.478. The summed E-state index contributed by atoms with van der Waals surface area (Å²) in [7, 11) is 1.43. The third kappa shape index (κ3) is 2.90. The molecule has 0 saturated heterocycles. The zero-order chi connectivity index (χ0) is 14.5. The number of rotatable bonds is 5. The van der Waals surface area contributed by atoms with E-state index in [2.05, 4.69) is 15.4 Å². The van der Waals surface area contributed by atoms with Crippen molar-refractivity contribution in [2.45, 2.75) is 0 Å². The second kappa shape index (κ2) is 5.80. The lowest BCUT2D eigenvalue weighted by molar-refractivity contribution is -0.384. The normalized spacial score (nSPS) is 9.90. The van der Waals surface area contributed by atoms with E-state index < -0.39 is 4.92 Å². The van der Waals surface area contributed by atoms with Crippen LogP contribution in [0.2, 0.25) is 0 Å². The Morgan fingerprint density at radius 1 is 1.30 bits per heavy atom. The van der Waals surface area contributed by atoms with Gasteiger partial charge in [0.15, 0.2) is 11.5 Å². The summed E-state index contributed by atoms with van der Waals surface area (Å²) in [6.45, 7) is 0. The molecule has 0 fully saturated rings. The van der Waals surface area contributed by atoms with Crippen LogP contribution in [0.3, 0.4) is 0 Å². The smallest absolute Gasteiger partial charge is 0.273 e. The summed E-state index contributed by atoms with van der Waals surface area (Å²) in [4.78, 5) is 17.9. The van der Waals surface area contributed by atoms with Gasteiger partial charge < -0.3 is 14.9 Å². The second-order valence-corrected chi connectivity index (χ2v) is 3.58. The van der Waals surface area contributed by atoms with Gasteiger partial charge in [-0.25, -0.2) is 15.8 Å². The standard InChI is InChI=1S/C11H11N5O4/c1-19-8-3-2-7(16(17)18)4-9(8)20-11-5-10(15-12)13-6-14-11/h2-6H,12H2,1H3,(H,13,14,15). The number of benzene rings is 1. The molecule has 2 aromatic rings. The molecule has 0 aliphatic carbocycles. The Labute approximate surface area is 113 Å². The first-order valence-electron chi connectivity index (χ1n) is 5.43. The van der Waals surface area contributed by atoms with E-state index in [0.717, 1.165) is 0 Å². The van der Waals surface area contributed by atoms with E-state index in [4.69, 9.17) is 15.3 Å². The summed E-state index contributed by atoms with van der Waals surface area (Å²) in [6, 6.07) is 5.45. The minimum atomic E-state index is -0.529. The summed E-state index contributed by atoms with van der Waals surface area (Å²) in [5, 5.41) is 10.8. The highest BCUT2D eigenvalue weighted by atomic mass is 16.6. The molecule has 1 heterocycles. The average molecular weight is 277 g/mol. The Morgan fingerprint density at radius 2 is 2.10 bits per heavy atom. The van der Waals surface area contributed by atoms with E-state index in [-0.39, 0.29) is 17.3 Å². The number of aromatic nitrogens is 2. The fraction of sp³-hybridized carbons (Fsp3) is 0.0909. The topological polar surface area (TPSA) is 125 Å². The van der Waals surface area contributed by atoms with Crippen LogP contribution in [-0.2, 0) is 0 Å². The van der Waals surface area contributed by atoms with Gasteiger partial charge in [-0.1, -0.05) is 0 Å². The van der Waals surface area contributed by atoms with Crippen LogP contribution >= 0.6 is 0 Å². The SMILES string of the molecule is COc1ccc([N+](=O)[O-])cc1Oc1cc(NN)ncn1. The lowest BCUT2D eigenvalue weighted by atomic mass is 10.3. The van der Waals surface area contributed by atoms with Gasteiger partial charge in [0.2, 0.25) is 5.88 Å². The van der Waals surface area contributed by atoms with Gasteiger partial charge in [-0.3, -0.25) is 10.1 Å². The molecule has 9 heteroatoms. The number of nitrogens with one attached hydrogen (secondary N) is 1. The van der Waals surface area contributed by atoms with Gasteiger partial charge in [0.25, 0.3) is 5.69 Å². The zero-order valence-electron chi connectivity index (χ0n) is 10.4. The van der Waals surface area contributed by atoms with Crippen LogP contribution in [0, 0.1) is 10.1 Å². The highest BCUT2D eigenvalue weighted by molar-refractivity contribution is 5.50. The van der Waals surface area contributed by atoms with Gasteiger partial charge in [0.05, 0.1) is 18.1 Å². The Kier molecular flexibility index (Phi) is 3.91. The van der Waals surface area contributed by atoms with Crippen molar-refractivity contribution in [2.75, 3.05) is 12.5 Å². The minimum absolute atomic E-state index is 0.118. The predicted molar refractivity (Wildman–Crippen MR) is 69.6 cm³/mol. The van der Waals surface area contributed by atoms with E-state index in [1.165, 1.54) is 37.7 Å². The van der Waals surface area contributed by atoms with Crippen molar-refractivity contribution in [3.8, 4) is 17.4 Å². The molecule has 9 nitrogen and oxygen atoms in total. The lowest BCUT2D eigenvalue weighted by Crippen LogP contribution is -2.08. The number of nitro groups is 1. The van der Waals surface area contributed by atoms with E-state index in [9.17, 15) is 10.1 Å². The number of anilines is 1. The molecule has 104 valence electrons. The van der Waals surface area contributed by atoms with Crippen molar-refractivity contribution >= 4 is 11.5 Å². The minimum Gasteiger partial charge on any atom is -0.493 e. The largest absolute Gasteiger partial charge is 0.493 e. The summed E-state index contributed by atoms with van der Waals surface area (Å²) in [5.41, 5.74) is 2.22. The molecule has 0 spiro atoms. The van der Waals surface area contributed by atoms with Crippen LogP contribution in [0.1, 0.15) is 0 Å². The summed E-state index contributed by atoms with van der Waals surface area (Å²) in [6.07, 6.45) is 1.24. The fourth-order valence-electron chi connectivity index (χ4n) is 1.45. The lowest BCUT2D eigenvalue weighted by Gasteiger charge is -2.09. The number of nitrogens with zero attached hydrogens (tertiary/aromatic N) is 3. The van der Waals surface area contributed by atoms with Crippen molar-refractivity contribution in [1.82, 2.24) is 9.97 Å². The summed E-state index contributed by atoms with van der Waals surface area (Å²) >= 11 is 0. The number of ether oxygens (including phenoxy) is 2. The summed E-state index contributed by atoms with van der Waals surface area (Å²) in [5.74, 6) is 6.26. The van der Waals surface area contributed by atoms with E-state index in [0.29, 0.717) is 11.6 Å². The molecule has 0 saturated carbocycles. The predicted octanol–water partition coefficient (Wildman–Crippen LogP) is 1.47. The molecule has 0 amide bonds. The van der Waals surface area contributed by atoms with Gasteiger partial charge in [-0.05, 0) is 6.07 Å². The van der Waals surface area contributed by atoms with Gasteiger partial charge >= 0.3 is 0 Å². The van der Waals surface area contributed by atoms with Crippen molar-refractivity contribution in [1.29, 1.82) is 0 Å². The highest BCUT2D eigenvalue weighted by Gasteiger charge is 2.14. The number of nitro benzene ring substituents is 1. The molecule has 3 N–H and O–H groups in total. The third-order valence-electron chi connectivity index (χ3n) is 2.36. The number of methoxy groups -OCH3 is 1. The monoisotopic (exact) mass is 277 g/mol. The fourth-order valence-corrected chi connectivity index (χ4v) is 1.45. The molecule has 20 heavy (non-hydrogen) atoms. The van der Waals surface area contributed by atoms with Gasteiger partial charge in [0, 0.05) is 12.1 Å². The Bertz CT molecular complexity index is 634. The van der Waals surface area contributed by atoms with Crippen molar-refractivity contribution in [3.05, 3.63) is 40.7 Å². The number of hydrogen-bond donors (Lipinski definition) is 2. The number of nitrogen functional groups attached to an aromatic ring is 1. The van der Waals surface area contributed by atoms with Crippen LogP contribution in [0.15, 0.2) is 30.6 Å². The third-order valence-corrected chi connectivity index (χ3v) is 2.36. The first-order chi connectivity index (χ1) is 9.63. The molecule has 0 aliphatic rings. The molecular weight excluding hydrogens is 266 g/mol. The maximum absolute atomic E-state index is 10.8. The first-order valence-corrected chi connectivity index (χ1v) is 5.43. The zero-order valence-corrected chi connectivity index (χ0v) is 10.4. The van der Waals surface area contributed by atoms with E-state index in [1.54, 1.807) is 0 Å². The van der Waals surface area contributed by atoms with E-state index in [1.807, 2.05) is 0 Å². The Hall–Kier alpha value is -2.94. The van der Waals surface area contributed by atoms with Gasteiger partial charge in [0.1, 0.15) is 12.1 Å². The molecule has 0 unspecified atom stereocenters. The second-order valence-electron chi connectivity index (χ2n) is 3.58. The van der Waals surface area contributed by atoms with Crippen LogP contribution < -0.4 is 20.7 Å². The number of nitrogens with two attached hydrogens (primary N) is 1. The van der Waals surface area contributed by atoms with Crippen LogP contribution in [0.4, 0.5) is 11.5 Å². The molecule has 0 bridgehead atoms. The maximum atomic E-state index is 10.8. The maximum Gasteiger partial charge on any atom is 0.273 e. The molecule has 0 radical (unpaired) electrons. The molecule has 2 rings (SSSR count). The molecule has 1 aromatic carbocycles. The molecular formula is C11H11N5O4. The number of non-ortho nitro benzene ring substituents is 1.